The van der Waals surface area contributed by atoms with E-state index in [1.165, 1.54) is 0 Å². The number of likely N-dealkylation sites (tertiary alicyclic amines) is 1. The van der Waals surface area contributed by atoms with E-state index in [4.69, 9.17) is 9.84 Å². The predicted molar refractivity (Wildman–Crippen MR) is 118 cm³/mol. The minimum Gasteiger partial charge on any atom is -0.478 e. The number of carbonyl (C=O) groups is 2. The molecule has 0 bridgehead atoms. The van der Waals surface area contributed by atoms with E-state index in [-0.39, 0.29) is 17.7 Å². The number of hydrogen-bond donors (Lipinski definition) is 1. The Balaban J connectivity index is 1.45. The summed E-state index contributed by atoms with van der Waals surface area (Å²) in [6.07, 6.45) is 5.30. The first-order chi connectivity index (χ1) is 14.7. The first-order valence-electron chi connectivity index (χ1n) is 10.5. The molecule has 1 amide bonds. The number of benzene rings is 2. The minimum atomic E-state index is -0.926. The summed E-state index contributed by atoms with van der Waals surface area (Å²) in [5, 5.41) is 15.6. The zero-order valence-corrected chi connectivity index (χ0v) is 18.0. The van der Waals surface area contributed by atoms with Crippen LogP contribution in [-0.2, 0) is 4.74 Å². The fourth-order valence-electron chi connectivity index (χ4n) is 3.88. The van der Waals surface area contributed by atoms with Gasteiger partial charge in [-0.1, -0.05) is 18.2 Å². The van der Waals surface area contributed by atoms with E-state index >= 15 is 0 Å². The summed E-state index contributed by atoms with van der Waals surface area (Å²) in [6.45, 7) is 6.93. The Bertz CT molecular complexity index is 1120. The van der Waals surface area contributed by atoms with Crippen LogP contribution < -0.4 is 0 Å². The second-order valence-electron chi connectivity index (χ2n) is 8.99. The van der Waals surface area contributed by atoms with Gasteiger partial charge in [-0.2, -0.15) is 5.10 Å². The van der Waals surface area contributed by atoms with Crippen LogP contribution in [0.3, 0.4) is 0 Å². The van der Waals surface area contributed by atoms with Crippen LogP contribution in [0, 0.1) is 0 Å². The van der Waals surface area contributed by atoms with Crippen LogP contribution in [0.2, 0.25) is 0 Å². The number of carbonyl (C=O) groups excluding carboxylic acids is 1. The Kier molecular flexibility index (Phi) is 5.43. The predicted octanol–water partition coefficient (Wildman–Crippen LogP) is 4.97. The number of aromatic carboxylic acids is 1. The highest BCUT2D eigenvalue weighted by molar-refractivity contribution is 5.95. The number of fused-ring (bicyclic) bond motifs is 1. The number of aromatic nitrogens is 2. The standard InChI is InChI=1S/C24H27N3O4/c1-24(2,3)31-23(30)26-10-8-21(9-11-26)27-15-20(14-25-27)18-5-4-17-13-19(22(28)29)7-6-16(17)12-18/h4-7,12-15,21H,8-11H2,1-3H3,(H,28,29). The smallest absolute Gasteiger partial charge is 0.410 e. The number of ether oxygens (including phenoxy) is 1. The maximum atomic E-state index is 12.3. The quantitative estimate of drug-likeness (QED) is 0.645. The highest BCUT2D eigenvalue weighted by Crippen LogP contribution is 2.28. The normalized spacial score (nSPS) is 15.3. The SMILES string of the molecule is CC(C)(C)OC(=O)N1CCC(n2cc(-c3ccc4cc(C(=O)O)ccc4c3)cn2)CC1. The Morgan fingerprint density at radius 1 is 1.03 bits per heavy atom. The van der Waals surface area contributed by atoms with Crippen LogP contribution in [-0.4, -0.2) is 50.5 Å². The third-order valence-corrected chi connectivity index (χ3v) is 5.51. The second kappa shape index (κ2) is 8.06. The third-order valence-electron chi connectivity index (χ3n) is 5.51. The Hall–Kier alpha value is -3.35. The number of hydrogen-bond acceptors (Lipinski definition) is 4. The van der Waals surface area contributed by atoms with E-state index in [0.717, 1.165) is 34.7 Å². The van der Waals surface area contributed by atoms with Gasteiger partial charge in [0, 0.05) is 24.8 Å². The van der Waals surface area contributed by atoms with Gasteiger partial charge in [-0.25, -0.2) is 9.59 Å². The van der Waals surface area contributed by atoms with Crippen molar-refractivity contribution >= 4 is 22.8 Å². The highest BCUT2D eigenvalue weighted by Gasteiger charge is 2.27. The summed E-state index contributed by atoms with van der Waals surface area (Å²) in [7, 11) is 0. The van der Waals surface area contributed by atoms with Gasteiger partial charge >= 0.3 is 12.1 Å². The van der Waals surface area contributed by atoms with E-state index in [1.807, 2.05) is 62.1 Å². The fraction of sp³-hybridized carbons (Fsp3) is 0.375. The van der Waals surface area contributed by atoms with E-state index < -0.39 is 11.6 Å². The minimum absolute atomic E-state index is 0.242. The lowest BCUT2D eigenvalue weighted by atomic mass is 10.0. The van der Waals surface area contributed by atoms with Crippen LogP contribution >= 0.6 is 0 Å². The first kappa shape index (κ1) is 20.9. The van der Waals surface area contributed by atoms with Crippen LogP contribution in [0.25, 0.3) is 21.9 Å². The van der Waals surface area contributed by atoms with Crippen molar-refractivity contribution in [2.45, 2.75) is 45.3 Å². The lowest BCUT2D eigenvalue weighted by Crippen LogP contribution is -2.42. The maximum Gasteiger partial charge on any atom is 0.410 e. The van der Waals surface area contributed by atoms with E-state index in [0.29, 0.717) is 13.1 Å². The first-order valence-corrected chi connectivity index (χ1v) is 10.5. The van der Waals surface area contributed by atoms with Gasteiger partial charge in [-0.05, 0) is 68.1 Å². The van der Waals surface area contributed by atoms with Crippen molar-refractivity contribution in [1.29, 1.82) is 0 Å². The molecule has 1 aromatic heterocycles. The lowest BCUT2D eigenvalue weighted by Gasteiger charge is -2.33. The third kappa shape index (κ3) is 4.71. The fourth-order valence-corrected chi connectivity index (χ4v) is 3.88. The number of piperidine rings is 1. The summed E-state index contributed by atoms with van der Waals surface area (Å²) in [6, 6.07) is 11.4. The molecule has 162 valence electrons. The summed E-state index contributed by atoms with van der Waals surface area (Å²) in [4.78, 5) is 25.2. The summed E-state index contributed by atoms with van der Waals surface area (Å²) in [5.74, 6) is -0.926. The second-order valence-corrected chi connectivity index (χ2v) is 8.99. The van der Waals surface area contributed by atoms with Crippen molar-refractivity contribution in [2.75, 3.05) is 13.1 Å². The van der Waals surface area contributed by atoms with Crippen molar-refractivity contribution in [2.24, 2.45) is 0 Å². The van der Waals surface area contributed by atoms with Crippen LogP contribution in [0.1, 0.15) is 50.0 Å². The van der Waals surface area contributed by atoms with E-state index in [9.17, 15) is 9.59 Å². The van der Waals surface area contributed by atoms with Crippen molar-refractivity contribution in [3.63, 3.8) is 0 Å². The van der Waals surface area contributed by atoms with Crippen molar-refractivity contribution in [1.82, 2.24) is 14.7 Å². The molecule has 0 unspecified atom stereocenters. The summed E-state index contributed by atoms with van der Waals surface area (Å²) in [5.41, 5.74) is 1.84. The maximum absolute atomic E-state index is 12.3. The molecule has 31 heavy (non-hydrogen) atoms. The van der Waals surface area contributed by atoms with Gasteiger partial charge in [0.2, 0.25) is 0 Å². The molecule has 0 spiro atoms. The number of nitrogens with zero attached hydrogens (tertiary/aromatic N) is 3. The lowest BCUT2D eigenvalue weighted by molar-refractivity contribution is 0.0184. The van der Waals surface area contributed by atoms with Gasteiger partial charge in [0.1, 0.15) is 5.60 Å². The molecule has 7 heteroatoms. The molecule has 0 aliphatic carbocycles. The average molecular weight is 421 g/mol. The summed E-state index contributed by atoms with van der Waals surface area (Å²) < 4.78 is 7.45. The molecule has 0 saturated carbocycles. The molecule has 1 saturated heterocycles. The molecule has 0 radical (unpaired) electrons. The van der Waals surface area contributed by atoms with Crippen LogP contribution in [0.15, 0.2) is 48.8 Å². The number of amides is 1. The van der Waals surface area contributed by atoms with Gasteiger partial charge in [-0.3, -0.25) is 4.68 Å². The molecular formula is C24H27N3O4. The van der Waals surface area contributed by atoms with Gasteiger partial charge in [0.15, 0.2) is 0 Å². The van der Waals surface area contributed by atoms with E-state index in [2.05, 4.69) is 5.10 Å². The highest BCUT2D eigenvalue weighted by atomic mass is 16.6. The molecular weight excluding hydrogens is 394 g/mol. The van der Waals surface area contributed by atoms with Gasteiger partial charge < -0.3 is 14.7 Å². The van der Waals surface area contributed by atoms with Crippen LogP contribution in [0.5, 0.6) is 0 Å². The monoisotopic (exact) mass is 421 g/mol. The van der Waals surface area contributed by atoms with Crippen molar-refractivity contribution in [3.05, 3.63) is 54.4 Å². The number of rotatable bonds is 3. The Morgan fingerprint density at radius 3 is 2.39 bits per heavy atom. The van der Waals surface area contributed by atoms with Gasteiger partial charge in [-0.15, -0.1) is 0 Å². The number of carboxylic acids is 1. The molecule has 1 N–H and O–H groups in total. The average Bonchev–Trinajstić information content (AvgIpc) is 3.22. The van der Waals surface area contributed by atoms with Crippen LogP contribution in [0.4, 0.5) is 4.79 Å². The summed E-state index contributed by atoms with van der Waals surface area (Å²) >= 11 is 0. The van der Waals surface area contributed by atoms with Crippen molar-refractivity contribution in [3.8, 4) is 11.1 Å². The molecule has 1 aliphatic heterocycles. The van der Waals surface area contributed by atoms with Gasteiger partial charge in [0.05, 0.1) is 17.8 Å². The molecule has 2 heterocycles. The zero-order chi connectivity index (χ0) is 22.2. The van der Waals surface area contributed by atoms with E-state index in [1.54, 1.807) is 17.0 Å². The molecule has 7 nitrogen and oxygen atoms in total. The topological polar surface area (TPSA) is 84.7 Å². The molecule has 2 aromatic carbocycles. The number of carboxylic acid groups (broad SMARTS) is 1. The molecule has 1 aliphatic rings. The molecule has 1 fully saturated rings. The Labute approximate surface area is 181 Å². The van der Waals surface area contributed by atoms with Crippen molar-refractivity contribution < 1.29 is 19.4 Å². The molecule has 0 atom stereocenters. The Morgan fingerprint density at radius 2 is 1.71 bits per heavy atom. The largest absolute Gasteiger partial charge is 0.478 e. The van der Waals surface area contributed by atoms with Gasteiger partial charge in [0.25, 0.3) is 0 Å². The zero-order valence-electron chi connectivity index (χ0n) is 18.0. The molecule has 3 aromatic rings. The molecule has 4 rings (SSSR count).